The van der Waals surface area contributed by atoms with Gasteiger partial charge in [-0.1, -0.05) is 13.8 Å². The summed E-state index contributed by atoms with van der Waals surface area (Å²) in [6.07, 6.45) is 0. The van der Waals surface area contributed by atoms with Gasteiger partial charge in [0.15, 0.2) is 0 Å². The van der Waals surface area contributed by atoms with E-state index < -0.39 is 0 Å². The predicted octanol–water partition coefficient (Wildman–Crippen LogP) is 2.81. The van der Waals surface area contributed by atoms with Crippen molar-refractivity contribution < 1.29 is 0 Å². The van der Waals surface area contributed by atoms with Crippen molar-refractivity contribution >= 4 is 30.6 Å². The zero-order valence-electron chi connectivity index (χ0n) is 8.26. The van der Waals surface area contributed by atoms with Crippen LogP contribution in [0.25, 0.3) is 0 Å². The lowest BCUT2D eigenvalue weighted by molar-refractivity contribution is 0.438. The monoisotopic (exact) mass is 214 g/mol. The van der Waals surface area contributed by atoms with Crippen molar-refractivity contribution in [1.29, 1.82) is 5.41 Å². The Morgan fingerprint density at radius 2 is 1.50 bits per heavy atom. The van der Waals surface area contributed by atoms with E-state index >= 15 is 0 Å². The molecule has 0 spiro atoms. The summed E-state index contributed by atoms with van der Waals surface area (Å²) >= 11 is 0. The van der Waals surface area contributed by atoms with E-state index in [0.717, 1.165) is 18.9 Å². The number of hydrogen-bond acceptors (Lipinski definition) is 1. The number of amidine groups is 1. The van der Waals surface area contributed by atoms with Crippen LogP contribution in [0.4, 0.5) is 0 Å². The number of nitrogens with one attached hydrogen (secondary N) is 1. The van der Waals surface area contributed by atoms with Crippen LogP contribution in [0.3, 0.4) is 0 Å². The average molecular weight is 215 g/mol. The summed E-state index contributed by atoms with van der Waals surface area (Å²) in [6.45, 7) is 10.2. The highest BCUT2D eigenvalue weighted by Crippen LogP contribution is 2.00. The van der Waals surface area contributed by atoms with Crippen LogP contribution >= 0.6 is 24.8 Å². The highest BCUT2D eigenvalue weighted by atomic mass is 35.5. The van der Waals surface area contributed by atoms with Crippen LogP contribution in [0.1, 0.15) is 27.7 Å². The first kappa shape index (κ1) is 18.0. The molecule has 0 saturated carbocycles. The van der Waals surface area contributed by atoms with Gasteiger partial charge < -0.3 is 4.90 Å². The second-order valence-corrected chi connectivity index (χ2v) is 2.71. The summed E-state index contributed by atoms with van der Waals surface area (Å²) in [5.41, 5.74) is 0. The molecule has 1 N–H and O–H groups in total. The molecule has 0 aliphatic heterocycles. The molecule has 0 saturated heterocycles. The van der Waals surface area contributed by atoms with E-state index in [2.05, 4.69) is 32.6 Å². The van der Waals surface area contributed by atoms with Gasteiger partial charge in [-0.15, -0.1) is 24.8 Å². The van der Waals surface area contributed by atoms with Crippen LogP contribution in [-0.4, -0.2) is 23.8 Å². The molecule has 0 amide bonds. The molecule has 0 aromatic carbocycles. The molecule has 0 heterocycles. The first-order valence-electron chi connectivity index (χ1n) is 3.96. The predicted molar refractivity (Wildman–Crippen MR) is 60.0 cm³/mol. The molecule has 0 rings (SSSR count). The van der Waals surface area contributed by atoms with Gasteiger partial charge >= 0.3 is 0 Å². The van der Waals surface area contributed by atoms with Crippen LogP contribution in [0.15, 0.2) is 0 Å². The molecule has 0 aliphatic rings. The van der Waals surface area contributed by atoms with Gasteiger partial charge in [-0.05, 0) is 13.8 Å². The van der Waals surface area contributed by atoms with E-state index in [0.29, 0.717) is 5.92 Å². The van der Waals surface area contributed by atoms with Crippen molar-refractivity contribution in [1.82, 2.24) is 4.90 Å². The third kappa shape index (κ3) is 5.67. The third-order valence-corrected chi connectivity index (χ3v) is 1.65. The van der Waals surface area contributed by atoms with Crippen LogP contribution in [0, 0.1) is 11.3 Å². The average Bonchev–Trinajstić information content (AvgIpc) is 1.90. The van der Waals surface area contributed by atoms with Gasteiger partial charge in [-0.25, -0.2) is 0 Å². The Morgan fingerprint density at radius 1 is 1.17 bits per heavy atom. The van der Waals surface area contributed by atoms with Crippen molar-refractivity contribution in [3.05, 3.63) is 0 Å². The van der Waals surface area contributed by atoms with Gasteiger partial charge in [0.1, 0.15) is 0 Å². The zero-order chi connectivity index (χ0) is 8.15. The smallest absolute Gasteiger partial charge is 0.0983 e. The highest BCUT2D eigenvalue weighted by molar-refractivity contribution is 5.85. The molecular weight excluding hydrogens is 195 g/mol. The van der Waals surface area contributed by atoms with E-state index in [9.17, 15) is 0 Å². The van der Waals surface area contributed by atoms with Gasteiger partial charge in [-0.3, -0.25) is 5.41 Å². The van der Waals surface area contributed by atoms with Gasteiger partial charge in [0, 0.05) is 19.0 Å². The lowest BCUT2D eigenvalue weighted by atomic mass is 10.2. The van der Waals surface area contributed by atoms with Crippen molar-refractivity contribution in [2.75, 3.05) is 13.1 Å². The fourth-order valence-electron chi connectivity index (χ4n) is 0.929. The Hall–Kier alpha value is 0.0500. The summed E-state index contributed by atoms with van der Waals surface area (Å²) in [4.78, 5) is 2.07. The number of halogens is 2. The lowest BCUT2D eigenvalue weighted by Gasteiger charge is -2.23. The Morgan fingerprint density at radius 3 is 1.58 bits per heavy atom. The molecule has 0 aromatic rings. The van der Waals surface area contributed by atoms with Gasteiger partial charge in [0.05, 0.1) is 5.84 Å². The minimum atomic E-state index is 0. The minimum Gasteiger partial charge on any atom is -0.361 e. The summed E-state index contributed by atoms with van der Waals surface area (Å²) in [7, 11) is 0. The molecule has 0 aliphatic carbocycles. The summed E-state index contributed by atoms with van der Waals surface area (Å²) in [5.74, 6) is 1.12. The Kier molecular flexibility index (Phi) is 13.7. The number of nitrogens with zero attached hydrogens (tertiary/aromatic N) is 1. The minimum absolute atomic E-state index is 0. The molecule has 0 fully saturated rings. The zero-order valence-corrected chi connectivity index (χ0v) is 9.89. The standard InChI is InChI=1S/C8H18N2.2ClH/c1-5-10(6-2)8(9)7(3)4;;/h7,9H,5-6H2,1-4H3;2*1H. The van der Waals surface area contributed by atoms with E-state index in [4.69, 9.17) is 5.41 Å². The molecule has 0 bridgehead atoms. The van der Waals surface area contributed by atoms with Crippen molar-refractivity contribution in [3.8, 4) is 0 Å². The van der Waals surface area contributed by atoms with Gasteiger partial charge in [0.25, 0.3) is 0 Å². The number of rotatable bonds is 3. The Labute approximate surface area is 88.0 Å². The SMILES string of the molecule is CCN(CC)C(=N)C(C)C.Cl.Cl. The quantitative estimate of drug-likeness (QED) is 0.568. The molecule has 0 unspecified atom stereocenters. The highest BCUT2D eigenvalue weighted by Gasteiger charge is 2.07. The number of hydrogen-bond donors (Lipinski definition) is 1. The van der Waals surface area contributed by atoms with E-state index in [1.54, 1.807) is 0 Å². The molecule has 4 heteroatoms. The topological polar surface area (TPSA) is 27.1 Å². The summed E-state index contributed by atoms with van der Waals surface area (Å²) in [5, 5.41) is 7.63. The molecule has 12 heavy (non-hydrogen) atoms. The first-order valence-corrected chi connectivity index (χ1v) is 3.96. The fraction of sp³-hybridized carbons (Fsp3) is 0.875. The second kappa shape index (κ2) is 9.14. The van der Waals surface area contributed by atoms with Gasteiger partial charge in [-0.2, -0.15) is 0 Å². The normalized spacial score (nSPS) is 8.42. The molecule has 0 atom stereocenters. The first-order chi connectivity index (χ1) is 4.63. The van der Waals surface area contributed by atoms with E-state index in [1.165, 1.54) is 0 Å². The Bertz CT molecular complexity index is 112. The van der Waals surface area contributed by atoms with Crippen LogP contribution in [0.5, 0.6) is 0 Å². The maximum atomic E-state index is 7.63. The summed E-state index contributed by atoms with van der Waals surface area (Å²) in [6, 6.07) is 0. The van der Waals surface area contributed by atoms with Crippen LogP contribution < -0.4 is 0 Å². The van der Waals surface area contributed by atoms with Crippen molar-refractivity contribution in [2.24, 2.45) is 5.92 Å². The molecule has 2 nitrogen and oxygen atoms in total. The van der Waals surface area contributed by atoms with E-state index in [1.807, 2.05) is 0 Å². The van der Waals surface area contributed by atoms with Gasteiger partial charge in [0.2, 0.25) is 0 Å². The fourth-order valence-corrected chi connectivity index (χ4v) is 0.929. The molecule has 76 valence electrons. The van der Waals surface area contributed by atoms with E-state index in [-0.39, 0.29) is 24.8 Å². The van der Waals surface area contributed by atoms with Crippen molar-refractivity contribution in [3.63, 3.8) is 0 Å². The summed E-state index contributed by atoms with van der Waals surface area (Å²) < 4.78 is 0. The lowest BCUT2D eigenvalue weighted by Crippen LogP contribution is -2.33. The second-order valence-electron chi connectivity index (χ2n) is 2.71. The van der Waals surface area contributed by atoms with Crippen molar-refractivity contribution in [2.45, 2.75) is 27.7 Å². The maximum Gasteiger partial charge on any atom is 0.0983 e. The Balaban J connectivity index is -0.000000405. The van der Waals surface area contributed by atoms with Crippen LogP contribution in [0.2, 0.25) is 0 Å². The third-order valence-electron chi connectivity index (χ3n) is 1.65. The van der Waals surface area contributed by atoms with Crippen LogP contribution in [-0.2, 0) is 0 Å². The molecular formula is C8H20Cl2N2. The molecule has 0 aromatic heterocycles. The maximum absolute atomic E-state index is 7.63. The largest absolute Gasteiger partial charge is 0.361 e. The molecule has 0 radical (unpaired) electrons.